The summed E-state index contributed by atoms with van der Waals surface area (Å²) in [5, 5.41) is 9.76. The summed E-state index contributed by atoms with van der Waals surface area (Å²) in [7, 11) is 1.84. The summed E-state index contributed by atoms with van der Waals surface area (Å²) < 4.78 is 6.64. The van der Waals surface area contributed by atoms with Gasteiger partial charge in [0.05, 0.1) is 31.0 Å². The monoisotopic (exact) mass is 330 g/mol. The fourth-order valence-corrected chi connectivity index (χ4v) is 2.26. The summed E-state index contributed by atoms with van der Waals surface area (Å²) in [6.45, 7) is 4.44. The summed E-state index contributed by atoms with van der Waals surface area (Å²) >= 11 is 0. The number of hydrogen-bond acceptors (Lipinski definition) is 4. The quantitative estimate of drug-likeness (QED) is 0.795. The van der Waals surface area contributed by atoms with Gasteiger partial charge >= 0.3 is 12.0 Å². The number of hydrogen-bond donors (Lipinski definition) is 2. The van der Waals surface area contributed by atoms with Gasteiger partial charge in [-0.2, -0.15) is 5.10 Å². The molecule has 2 aromatic rings. The van der Waals surface area contributed by atoms with Gasteiger partial charge in [-0.25, -0.2) is 4.79 Å². The molecule has 0 atom stereocenters. The number of aromatic nitrogens is 2. The number of carbonyl (C=O) groups is 2. The molecule has 1 heterocycles. The molecular weight excluding hydrogens is 308 g/mol. The molecule has 7 heteroatoms. The van der Waals surface area contributed by atoms with Gasteiger partial charge in [0, 0.05) is 12.7 Å². The maximum Gasteiger partial charge on any atom is 0.319 e. The van der Waals surface area contributed by atoms with Gasteiger partial charge in [0.15, 0.2) is 0 Å². The molecule has 0 saturated heterocycles. The number of amides is 2. The van der Waals surface area contributed by atoms with E-state index in [2.05, 4.69) is 15.7 Å². The van der Waals surface area contributed by atoms with E-state index in [0.29, 0.717) is 18.8 Å². The Morgan fingerprint density at radius 1 is 1.25 bits per heavy atom. The molecule has 1 aromatic heterocycles. The number of nitrogens with one attached hydrogen (secondary N) is 2. The van der Waals surface area contributed by atoms with E-state index in [0.717, 1.165) is 17.0 Å². The summed E-state index contributed by atoms with van der Waals surface area (Å²) in [6, 6.07) is 8.70. The maximum absolute atomic E-state index is 11.9. The first-order valence-corrected chi connectivity index (χ1v) is 7.77. The Kier molecular flexibility index (Phi) is 5.95. The second-order valence-electron chi connectivity index (χ2n) is 5.39. The van der Waals surface area contributed by atoms with Gasteiger partial charge in [-0.3, -0.25) is 9.48 Å². The van der Waals surface area contributed by atoms with Crippen LogP contribution in [0.2, 0.25) is 0 Å². The van der Waals surface area contributed by atoms with Crippen molar-refractivity contribution in [1.29, 1.82) is 0 Å². The number of esters is 1. The molecule has 0 unspecified atom stereocenters. The van der Waals surface area contributed by atoms with Crippen LogP contribution in [0.1, 0.15) is 23.9 Å². The number of nitrogens with zero attached hydrogens (tertiary/aromatic N) is 2. The second-order valence-corrected chi connectivity index (χ2v) is 5.39. The summed E-state index contributed by atoms with van der Waals surface area (Å²) in [5.41, 5.74) is 3.32. The SMILES string of the molecule is CCOC(=O)Cc1ccc(NC(=O)NCc2cc(C)nn2C)cc1. The van der Waals surface area contributed by atoms with E-state index in [1.54, 1.807) is 35.9 Å². The lowest BCUT2D eigenvalue weighted by Gasteiger charge is -2.08. The Bertz CT molecular complexity index is 707. The van der Waals surface area contributed by atoms with E-state index in [4.69, 9.17) is 4.74 Å². The van der Waals surface area contributed by atoms with Gasteiger partial charge in [-0.05, 0) is 37.6 Å². The highest BCUT2D eigenvalue weighted by atomic mass is 16.5. The zero-order chi connectivity index (χ0) is 17.5. The summed E-state index contributed by atoms with van der Waals surface area (Å²) in [6.07, 6.45) is 0.222. The fraction of sp³-hybridized carbons (Fsp3) is 0.353. The van der Waals surface area contributed by atoms with Crippen molar-refractivity contribution >= 4 is 17.7 Å². The number of aryl methyl sites for hydroxylation is 2. The molecule has 0 aliphatic rings. The van der Waals surface area contributed by atoms with Crippen molar-refractivity contribution in [3.8, 4) is 0 Å². The predicted molar refractivity (Wildman–Crippen MR) is 90.6 cm³/mol. The molecule has 1 aromatic carbocycles. The highest BCUT2D eigenvalue weighted by Gasteiger charge is 2.07. The maximum atomic E-state index is 11.9. The number of carbonyl (C=O) groups excluding carboxylic acids is 2. The molecule has 0 saturated carbocycles. The topological polar surface area (TPSA) is 85.2 Å². The molecule has 0 fully saturated rings. The van der Waals surface area contributed by atoms with Crippen LogP contribution in [0.25, 0.3) is 0 Å². The average molecular weight is 330 g/mol. The zero-order valence-corrected chi connectivity index (χ0v) is 14.1. The Morgan fingerprint density at radius 3 is 2.54 bits per heavy atom. The lowest BCUT2D eigenvalue weighted by Crippen LogP contribution is -2.28. The first-order valence-electron chi connectivity index (χ1n) is 7.77. The van der Waals surface area contributed by atoms with Crippen LogP contribution in [-0.4, -0.2) is 28.4 Å². The first-order chi connectivity index (χ1) is 11.5. The number of rotatable bonds is 6. The molecule has 0 aliphatic heterocycles. The number of benzene rings is 1. The largest absolute Gasteiger partial charge is 0.466 e. The van der Waals surface area contributed by atoms with Crippen molar-refractivity contribution in [2.75, 3.05) is 11.9 Å². The first kappa shape index (κ1) is 17.5. The van der Waals surface area contributed by atoms with E-state index >= 15 is 0 Å². The molecular formula is C17H22N4O3. The predicted octanol–water partition coefficient (Wildman–Crippen LogP) is 2.16. The lowest BCUT2D eigenvalue weighted by molar-refractivity contribution is -0.142. The standard InChI is InChI=1S/C17H22N4O3/c1-4-24-16(22)10-13-5-7-14(8-6-13)19-17(23)18-11-15-9-12(2)20-21(15)3/h5-9H,4,10-11H2,1-3H3,(H2,18,19,23). The number of ether oxygens (including phenoxy) is 1. The van der Waals surface area contributed by atoms with Crippen LogP contribution in [0.3, 0.4) is 0 Å². The third kappa shape index (κ3) is 5.12. The van der Waals surface area contributed by atoms with Gasteiger partial charge in [0.25, 0.3) is 0 Å². The molecule has 0 radical (unpaired) electrons. The van der Waals surface area contributed by atoms with Crippen LogP contribution >= 0.6 is 0 Å². The van der Waals surface area contributed by atoms with Gasteiger partial charge < -0.3 is 15.4 Å². The van der Waals surface area contributed by atoms with Gasteiger partial charge in [0.1, 0.15) is 0 Å². The van der Waals surface area contributed by atoms with Crippen molar-refractivity contribution in [3.05, 3.63) is 47.3 Å². The van der Waals surface area contributed by atoms with Crippen molar-refractivity contribution < 1.29 is 14.3 Å². The van der Waals surface area contributed by atoms with E-state index < -0.39 is 0 Å². The van der Waals surface area contributed by atoms with Crippen LogP contribution in [0.4, 0.5) is 10.5 Å². The van der Waals surface area contributed by atoms with Crippen LogP contribution in [0, 0.1) is 6.92 Å². The van der Waals surface area contributed by atoms with Crippen LogP contribution in [-0.2, 0) is 29.5 Å². The van der Waals surface area contributed by atoms with E-state index in [9.17, 15) is 9.59 Å². The van der Waals surface area contributed by atoms with Gasteiger partial charge in [0.2, 0.25) is 0 Å². The molecule has 2 rings (SSSR count). The third-order valence-electron chi connectivity index (χ3n) is 3.39. The minimum Gasteiger partial charge on any atom is -0.466 e. The molecule has 0 bridgehead atoms. The van der Waals surface area contributed by atoms with Gasteiger partial charge in [-0.15, -0.1) is 0 Å². The fourth-order valence-electron chi connectivity index (χ4n) is 2.26. The zero-order valence-electron chi connectivity index (χ0n) is 14.1. The van der Waals surface area contributed by atoms with Crippen LogP contribution in [0.15, 0.2) is 30.3 Å². The molecule has 0 aliphatic carbocycles. The molecule has 24 heavy (non-hydrogen) atoms. The minimum atomic E-state index is -0.299. The van der Waals surface area contributed by atoms with Gasteiger partial charge in [-0.1, -0.05) is 12.1 Å². The van der Waals surface area contributed by atoms with E-state index in [1.807, 2.05) is 20.0 Å². The van der Waals surface area contributed by atoms with Crippen molar-refractivity contribution in [2.45, 2.75) is 26.8 Å². The summed E-state index contributed by atoms with van der Waals surface area (Å²) in [4.78, 5) is 23.3. The Labute approximate surface area is 141 Å². The molecule has 7 nitrogen and oxygen atoms in total. The normalized spacial score (nSPS) is 10.3. The Balaban J connectivity index is 1.83. The summed E-state index contributed by atoms with van der Waals surface area (Å²) in [5.74, 6) is -0.262. The molecule has 2 N–H and O–H groups in total. The third-order valence-corrected chi connectivity index (χ3v) is 3.39. The molecule has 0 spiro atoms. The van der Waals surface area contributed by atoms with Crippen molar-refractivity contribution in [3.63, 3.8) is 0 Å². The highest BCUT2D eigenvalue weighted by Crippen LogP contribution is 2.10. The van der Waals surface area contributed by atoms with Crippen molar-refractivity contribution in [2.24, 2.45) is 7.05 Å². The average Bonchev–Trinajstić information content (AvgIpc) is 2.85. The van der Waals surface area contributed by atoms with E-state index in [-0.39, 0.29) is 18.4 Å². The highest BCUT2D eigenvalue weighted by molar-refractivity contribution is 5.89. The Morgan fingerprint density at radius 2 is 1.96 bits per heavy atom. The minimum absolute atomic E-state index is 0.222. The Hall–Kier alpha value is -2.83. The van der Waals surface area contributed by atoms with E-state index in [1.165, 1.54) is 0 Å². The smallest absolute Gasteiger partial charge is 0.319 e. The van der Waals surface area contributed by atoms with Crippen molar-refractivity contribution in [1.82, 2.24) is 15.1 Å². The molecule has 128 valence electrons. The second kappa shape index (κ2) is 8.14. The van der Waals surface area contributed by atoms with Crippen LogP contribution < -0.4 is 10.6 Å². The number of urea groups is 1. The lowest BCUT2D eigenvalue weighted by atomic mass is 10.1. The van der Waals surface area contributed by atoms with Crippen LogP contribution in [0.5, 0.6) is 0 Å². The number of anilines is 1. The molecule has 2 amide bonds.